The molecule has 0 radical (unpaired) electrons. The number of fused-ring (bicyclic) bond motifs is 2. The van der Waals surface area contributed by atoms with Crippen molar-refractivity contribution in [2.45, 2.75) is 52.1 Å². The van der Waals surface area contributed by atoms with Crippen molar-refractivity contribution in [3.8, 4) is 6.01 Å². The van der Waals surface area contributed by atoms with Crippen LogP contribution in [0.15, 0.2) is 39.9 Å². The zero-order valence-corrected chi connectivity index (χ0v) is 19.7. The molecule has 0 atom stereocenters. The highest BCUT2D eigenvalue weighted by Crippen LogP contribution is 2.27. The number of hydrogen-bond acceptors (Lipinski definition) is 7. The summed E-state index contributed by atoms with van der Waals surface area (Å²) in [7, 11) is 0. The van der Waals surface area contributed by atoms with E-state index < -0.39 is 12.1 Å². The summed E-state index contributed by atoms with van der Waals surface area (Å²) < 4.78 is 22.3. The molecule has 4 heterocycles. The molecule has 34 heavy (non-hydrogen) atoms. The molecular formula is C24H28FN7O2. The van der Waals surface area contributed by atoms with Gasteiger partial charge in [-0.25, -0.2) is 9.67 Å². The van der Waals surface area contributed by atoms with Crippen LogP contribution in [-0.4, -0.2) is 37.5 Å². The molecule has 1 aliphatic rings. The number of nitrogens with zero attached hydrogens (tertiary/aromatic N) is 5. The maximum Gasteiger partial charge on any atom is 0.323 e. The van der Waals surface area contributed by atoms with Crippen LogP contribution >= 0.6 is 0 Å². The zero-order valence-electron chi connectivity index (χ0n) is 19.7. The van der Waals surface area contributed by atoms with E-state index in [0.717, 1.165) is 25.2 Å². The lowest BCUT2D eigenvalue weighted by Gasteiger charge is -2.18. The summed E-state index contributed by atoms with van der Waals surface area (Å²) in [6.45, 7) is 8.50. The van der Waals surface area contributed by atoms with Gasteiger partial charge in [0.25, 0.3) is 5.56 Å². The van der Waals surface area contributed by atoms with Gasteiger partial charge < -0.3 is 15.1 Å². The van der Waals surface area contributed by atoms with Crippen LogP contribution in [0, 0.1) is 0 Å². The highest BCUT2D eigenvalue weighted by molar-refractivity contribution is 5.76. The number of hydrogen-bond donors (Lipinski definition) is 2. The Hall–Kier alpha value is -3.53. The minimum Gasteiger partial charge on any atom is -0.430 e. The molecule has 1 aliphatic heterocycles. The normalized spacial score (nSPS) is 14.1. The van der Waals surface area contributed by atoms with E-state index in [4.69, 9.17) is 4.42 Å². The first-order valence-corrected chi connectivity index (χ1v) is 11.4. The van der Waals surface area contributed by atoms with Crippen molar-refractivity contribution in [1.82, 2.24) is 29.6 Å². The number of aromatic nitrogens is 5. The second kappa shape index (κ2) is 8.35. The molecule has 0 spiro atoms. The number of benzene rings is 1. The fourth-order valence-electron chi connectivity index (χ4n) is 4.13. The highest BCUT2D eigenvalue weighted by atomic mass is 19.1. The first-order valence-electron chi connectivity index (χ1n) is 11.4. The second-order valence-electron chi connectivity index (χ2n) is 9.55. The highest BCUT2D eigenvalue weighted by Gasteiger charge is 2.28. The molecule has 178 valence electrons. The summed E-state index contributed by atoms with van der Waals surface area (Å²) in [6, 6.07) is 6.15. The quantitative estimate of drug-likeness (QED) is 0.447. The van der Waals surface area contributed by atoms with Crippen molar-refractivity contribution in [3.05, 3.63) is 57.8 Å². The van der Waals surface area contributed by atoms with Gasteiger partial charge in [0.05, 0.1) is 5.69 Å². The summed E-state index contributed by atoms with van der Waals surface area (Å²) in [5.74, 6) is 0.354. The minimum absolute atomic E-state index is 0.156. The van der Waals surface area contributed by atoms with E-state index in [1.54, 1.807) is 18.5 Å². The van der Waals surface area contributed by atoms with Crippen molar-refractivity contribution in [2.75, 3.05) is 18.5 Å². The zero-order chi connectivity index (χ0) is 24.0. The molecule has 0 saturated heterocycles. The second-order valence-corrected chi connectivity index (χ2v) is 9.55. The largest absolute Gasteiger partial charge is 0.430 e. The van der Waals surface area contributed by atoms with Gasteiger partial charge in [-0.15, -0.1) is 0 Å². The average molecular weight is 466 g/mol. The molecule has 0 fully saturated rings. The molecule has 9 nitrogen and oxygen atoms in total. The maximum absolute atomic E-state index is 13.5. The number of alkyl halides is 1. The Morgan fingerprint density at radius 2 is 2.09 bits per heavy atom. The lowest BCUT2D eigenvalue weighted by molar-refractivity contribution is 0.343. The molecule has 0 amide bonds. The lowest BCUT2D eigenvalue weighted by Crippen LogP contribution is -2.25. The van der Waals surface area contributed by atoms with Gasteiger partial charge in [0.1, 0.15) is 18.3 Å². The van der Waals surface area contributed by atoms with Gasteiger partial charge in [0.2, 0.25) is 5.95 Å². The van der Waals surface area contributed by atoms with Crippen LogP contribution in [0.4, 0.5) is 16.0 Å². The van der Waals surface area contributed by atoms with Gasteiger partial charge in [-0.2, -0.15) is 14.6 Å². The molecule has 0 bridgehead atoms. The summed E-state index contributed by atoms with van der Waals surface area (Å²) in [5, 5.41) is 6.97. The molecule has 4 aromatic rings. The van der Waals surface area contributed by atoms with Crippen LogP contribution in [0.1, 0.15) is 50.6 Å². The topological polar surface area (TPSA) is 103 Å². The van der Waals surface area contributed by atoms with Crippen LogP contribution in [0.3, 0.4) is 0 Å². The van der Waals surface area contributed by atoms with E-state index in [9.17, 15) is 9.18 Å². The van der Waals surface area contributed by atoms with Crippen molar-refractivity contribution in [1.29, 1.82) is 0 Å². The number of rotatable bonds is 6. The summed E-state index contributed by atoms with van der Waals surface area (Å²) >= 11 is 0. The summed E-state index contributed by atoms with van der Waals surface area (Å²) in [4.78, 5) is 26.7. The van der Waals surface area contributed by atoms with E-state index in [-0.39, 0.29) is 17.6 Å². The third-order valence-corrected chi connectivity index (χ3v) is 6.16. The van der Waals surface area contributed by atoms with Crippen LogP contribution in [-0.2, 0) is 18.4 Å². The fraction of sp³-hybridized carbons (Fsp3) is 0.417. The van der Waals surface area contributed by atoms with Gasteiger partial charge in [-0.1, -0.05) is 19.9 Å². The van der Waals surface area contributed by atoms with Gasteiger partial charge >= 0.3 is 6.01 Å². The molecule has 0 unspecified atom stereocenters. The number of halogens is 1. The molecule has 10 heteroatoms. The van der Waals surface area contributed by atoms with E-state index in [1.807, 2.05) is 19.9 Å². The van der Waals surface area contributed by atoms with Crippen LogP contribution in [0.5, 0.6) is 0 Å². The van der Waals surface area contributed by atoms with E-state index in [0.29, 0.717) is 22.7 Å². The Morgan fingerprint density at radius 3 is 2.85 bits per heavy atom. The predicted octanol–water partition coefficient (Wildman–Crippen LogP) is 3.79. The first-order chi connectivity index (χ1) is 16.3. The maximum atomic E-state index is 13.5. The van der Waals surface area contributed by atoms with E-state index >= 15 is 0 Å². The standard InChI is InChI=1S/C24H28FN7O2/c1-14(2)31-21(33)18-11-27-22(28-17-6-5-16-10-26-8-7-15(16)9-17)30-20(18)32(31)23-29-19(12-34-23)24(3,4)13-25/h5-6,9,11-12,14,26H,7-8,10,13H2,1-4H3,(H,27,28,30). The van der Waals surface area contributed by atoms with E-state index in [1.165, 1.54) is 28.3 Å². The summed E-state index contributed by atoms with van der Waals surface area (Å²) in [5.41, 5.74) is 3.22. The van der Waals surface area contributed by atoms with Crippen molar-refractivity contribution >= 4 is 22.7 Å². The fourth-order valence-corrected chi connectivity index (χ4v) is 4.13. The molecule has 3 aromatic heterocycles. The molecule has 2 N–H and O–H groups in total. The third-order valence-electron chi connectivity index (χ3n) is 6.16. The minimum atomic E-state index is -0.808. The van der Waals surface area contributed by atoms with Crippen molar-refractivity contribution in [2.24, 2.45) is 0 Å². The van der Waals surface area contributed by atoms with Crippen LogP contribution < -0.4 is 16.2 Å². The van der Waals surface area contributed by atoms with Crippen LogP contribution in [0.2, 0.25) is 0 Å². The predicted molar refractivity (Wildman–Crippen MR) is 128 cm³/mol. The number of oxazole rings is 1. The van der Waals surface area contributed by atoms with Gasteiger partial charge in [-0.05, 0) is 50.1 Å². The van der Waals surface area contributed by atoms with Gasteiger partial charge in [-0.3, -0.25) is 9.18 Å². The van der Waals surface area contributed by atoms with Crippen LogP contribution in [0.25, 0.3) is 17.0 Å². The Morgan fingerprint density at radius 1 is 1.26 bits per heavy atom. The average Bonchev–Trinajstić information content (AvgIpc) is 3.42. The number of anilines is 2. The van der Waals surface area contributed by atoms with Crippen molar-refractivity contribution in [3.63, 3.8) is 0 Å². The lowest BCUT2D eigenvalue weighted by atomic mass is 9.92. The van der Waals surface area contributed by atoms with Crippen molar-refractivity contribution < 1.29 is 8.81 Å². The van der Waals surface area contributed by atoms with Gasteiger partial charge in [0.15, 0.2) is 5.65 Å². The first kappa shape index (κ1) is 22.3. The molecule has 0 aliphatic carbocycles. The Kier molecular flexibility index (Phi) is 5.47. The monoisotopic (exact) mass is 465 g/mol. The molecule has 0 saturated carbocycles. The Bertz CT molecular complexity index is 1420. The Balaban J connectivity index is 1.60. The van der Waals surface area contributed by atoms with E-state index in [2.05, 4.69) is 37.7 Å². The summed E-state index contributed by atoms with van der Waals surface area (Å²) in [6.07, 6.45) is 3.90. The van der Waals surface area contributed by atoms with Gasteiger partial charge in [0, 0.05) is 29.9 Å². The SMILES string of the molecule is CC(C)n1c(=O)c2cnc(Nc3ccc4c(c3)CCNC4)nc2n1-c1nc(C(C)(C)CF)co1. The third kappa shape index (κ3) is 3.77. The molecule has 5 rings (SSSR count). The Labute approximate surface area is 196 Å². The molecule has 1 aromatic carbocycles. The smallest absolute Gasteiger partial charge is 0.323 e. The number of nitrogens with one attached hydrogen (secondary N) is 2. The molecular weight excluding hydrogens is 437 g/mol.